The molecule has 0 bridgehead atoms. The normalized spacial score (nSPS) is 15.8. The van der Waals surface area contributed by atoms with Crippen LogP contribution in [0.4, 0.5) is 0 Å². The van der Waals surface area contributed by atoms with E-state index >= 15 is 0 Å². The minimum atomic E-state index is -0.642. The Hall–Kier alpha value is -3.48. The van der Waals surface area contributed by atoms with Crippen molar-refractivity contribution in [2.24, 2.45) is 0 Å². The summed E-state index contributed by atoms with van der Waals surface area (Å²) >= 11 is 0. The van der Waals surface area contributed by atoms with E-state index in [1.54, 1.807) is 32.1 Å². The lowest BCUT2D eigenvalue weighted by atomic mass is 10.0. The SMILES string of the molecule is COc1ccc(OC)c([C@H]2CCCN2C(=O)COC(=O)c2oc3ccccc3c2C)c1. The van der Waals surface area contributed by atoms with E-state index in [2.05, 4.69) is 0 Å². The van der Waals surface area contributed by atoms with E-state index in [0.717, 1.165) is 23.8 Å². The molecule has 1 atom stereocenters. The second-order valence-corrected chi connectivity index (χ2v) is 7.48. The van der Waals surface area contributed by atoms with Crippen molar-refractivity contribution in [1.29, 1.82) is 0 Å². The molecule has 1 aliphatic heterocycles. The molecule has 31 heavy (non-hydrogen) atoms. The van der Waals surface area contributed by atoms with Crippen LogP contribution in [0.2, 0.25) is 0 Å². The van der Waals surface area contributed by atoms with Crippen LogP contribution in [0.25, 0.3) is 11.0 Å². The number of rotatable bonds is 6. The van der Waals surface area contributed by atoms with Gasteiger partial charge in [0.05, 0.1) is 20.3 Å². The molecule has 3 aromatic rings. The third-order valence-electron chi connectivity index (χ3n) is 5.72. The smallest absolute Gasteiger partial charge is 0.375 e. The summed E-state index contributed by atoms with van der Waals surface area (Å²) in [4.78, 5) is 27.2. The van der Waals surface area contributed by atoms with Crippen molar-refractivity contribution >= 4 is 22.8 Å². The Bertz CT molecular complexity index is 1120. The van der Waals surface area contributed by atoms with Crippen molar-refractivity contribution in [2.75, 3.05) is 27.4 Å². The highest BCUT2D eigenvalue weighted by Gasteiger charge is 2.33. The molecule has 7 nitrogen and oxygen atoms in total. The van der Waals surface area contributed by atoms with Crippen LogP contribution >= 0.6 is 0 Å². The van der Waals surface area contributed by atoms with Gasteiger partial charge in [0.15, 0.2) is 6.61 Å². The van der Waals surface area contributed by atoms with Crippen LogP contribution in [0, 0.1) is 6.92 Å². The first-order valence-electron chi connectivity index (χ1n) is 10.2. The van der Waals surface area contributed by atoms with Crippen LogP contribution in [-0.4, -0.2) is 44.1 Å². The molecular weight excluding hydrogens is 398 g/mol. The molecule has 1 aliphatic rings. The van der Waals surface area contributed by atoms with E-state index in [1.807, 2.05) is 36.4 Å². The summed E-state index contributed by atoms with van der Waals surface area (Å²) < 4.78 is 21.8. The highest BCUT2D eigenvalue weighted by Crippen LogP contribution is 2.39. The molecule has 0 saturated carbocycles. The molecule has 2 heterocycles. The summed E-state index contributed by atoms with van der Waals surface area (Å²) in [6.07, 6.45) is 1.65. The second kappa shape index (κ2) is 8.71. The van der Waals surface area contributed by atoms with E-state index in [-0.39, 0.29) is 24.3 Å². The average molecular weight is 423 g/mol. The zero-order valence-corrected chi connectivity index (χ0v) is 17.8. The number of hydrogen-bond acceptors (Lipinski definition) is 6. The van der Waals surface area contributed by atoms with Gasteiger partial charge < -0.3 is 23.5 Å². The monoisotopic (exact) mass is 423 g/mol. The molecule has 0 unspecified atom stereocenters. The first kappa shape index (κ1) is 20.8. The Morgan fingerprint density at radius 3 is 2.68 bits per heavy atom. The predicted octanol–water partition coefficient (Wildman–Crippen LogP) is 4.28. The Labute approximate surface area is 180 Å². The summed E-state index contributed by atoms with van der Waals surface area (Å²) in [6, 6.07) is 12.8. The summed E-state index contributed by atoms with van der Waals surface area (Å²) in [5, 5.41) is 0.852. The molecule has 0 spiro atoms. The van der Waals surface area contributed by atoms with Crippen molar-refractivity contribution in [3.8, 4) is 11.5 Å². The summed E-state index contributed by atoms with van der Waals surface area (Å²) in [6.45, 7) is 2.04. The van der Waals surface area contributed by atoms with Gasteiger partial charge in [-0.15, -0.1) is 0 Å². The number of methoxy groups -OCH3 is 2. The lowest BCUT2D eigenvalue weighted by Gasteiger charge is -2.26. The third kappa shape index (κ3) is 3.95. The minimum absolute atomic E-state index is 0.126. The molecule has 2 aromatic carbocycles. The molecular formula is C24H25NO6. The first-order valence-corrected chi connectivity index (χ1v) is 10.2. The van der Waals surface area contributed by atoms with Gasteiger partial charge in [0, 0.05) is 23.1 Å². The average Bonchev–Trinajstić information content (AvgIpc) is 3.42. The lowest BCUT2D eigenvalue weighted by molar-refractivity contribution is -0.135. The fourth-order valence-electron chi connectivity index (χ4n) is 4.13. The Kier molecular flexibility index (Phi) is 5.84. The van der Waals surface area contributed by atoms with E-state index in [9.17, 15) is 9.59 Å². The summed E-state index contributed by atoms with van der Waals surface area (Å²) in [5.74, 6) is 0.620. The molecule has 1 fully saturated rings. The van der Waals surface area contributed by atoms with Crippen molar-refractivity contribution in [2.45, 2.75) is 25.8 Å². The number of carbonyl (C=O) groups is 2. The molecule has 162 valence electrons. The van der Waals surface area contributed by atoms with Crippen molar-refractivity contribution in [3.05, 3.63) is 59.4 Å². The number of nitrogens with zero attached hydrogens (tertiary/aromatic N) is 1. The Morgan fingerprint density at radius 2 is 1.94 bits per heavy atom. The summed E-state index contributed by atoms with van der Waals surface area (Å²) in [7, 11) is 3.20. The number of benzene rings is 2. The molecule has 1 saturated heterocycles. The van der Waals surface area contributed by atoms with Gasteiger partial charge in [-0.2, -0.15) is 0 Å². The van der Waals surface area contributed by atoms with Crippen LogP contribution in [0.15, 0.2) is 46.9 Å². The van der Waals surface area contributed by atoms with Crippen molar-refractivity contribution in [3.63, 3.8) is 0 Å². The maximum absolute atomic E-state index is 12.9. The van der Waals surface area contributed by atoms with E-state index < -0.39 is 5.97 Å². The molecule has 7 heteroatoms. The fraction of sp³-hybridized carbons (Fsp3) is 0.333. The van der Waals surface area contributed by atoms with E-state index in [4.69, 9.17) is 18.6 Å². The number of fused-ring (bicyclic) bond motifs is 1. The van der Waals surface area contributed by atoms with E-state index in [1.165, 1.54) is 0 Å². The first-order chi connectivity index (χ1) is 15.0. The minimum Gasteiger partial charge on any atom is -0.497 e. The van der Waals surface area contributed by atoms with Gasteiger partial charge in [0.2, 0.25) is 5.76 Å². The topological polar surface area (TPSA) is 78.2 Å². The third-order valence-corrected chi connectivity index (χ3v) is 5.72. The number of esters is 1. The zero-order valence-electron chi connectivity index (χ0n) is 17.8. The number of carbonyl (C=O) groups excluding carboxylic acids is 2. The maximum atomic E-state index is 12.9. The largest absolute Gasteiger partial charge is 0.497 e. The number of ether oxygens (including phenoxy) is 3. The zero-order chi connectivity index (χ0) is 22.0. The number of furan rings is 1. The van der Waals surface area contributed by atoms with Gasteiger partial charge in [-0.3, -0.25) is 4.79 Å². The number of likely N-dealkylation sites (tertiary alicyclic amines) is 1. The van der Waals surface area contributed by atoms with Crippen LogP contribution in [0.5, 0.6) is 11.5 Å². The molecule has 0 radical (unpaired) electrons. The van der Waals surface area contributed by atoms with Gasteiger partial charge in [0.25, 0.3) is 5.91 Å². The summed E-state index contributed by atoms with van der Waals surface area (Å²) in [5.41, 5.74) is 2.20. The lowest BCUT2D eigenvalue weighted by Crippen LogP contribution is -2.34. The predicted molar refractivity (Wildman–Crippen MR) is 114 cm³/mol. The Morgan fingerprint density at radius 1 is 1.13 bits per heavy atom. The van der Waals surface area contributed by atoms with Crippen molar-refractivity contribution < 1.29 is 28.2 Å². The quantitative estimate of drug-likeness (QED) is 0.551. The second-order valence-electron chi connectivity index (χ2n) is 7.48. The molecule has 0 aliphatic carbocycles. The fourth-order valence-corrected chi connectivity index (χ4v) is 4.13. The van der Waals surface area contributed by atoms with Gasteiger partial charge >= 0.3 is 5.97 Å². The maximum Gasteiger partial charge on any atom is 0.375 e. The number of amides is 1. The van der Waals surface area contributed by atoms with Gasteiger partial charge in [-0.05, 0) is 44.0 Å². The molecule has 0 N–H and O–H groups in total. The van der Waals surface area contributed by atoms with Crippen LogP contribution in [0.1, 0.15) is 40.6 Å². The van der Waals surface area contributed by atoms with Gasteiger partial charge in [-0.1, -0.05) is 18.2 Å². The molecule has 4 rings (SSSR count). The number of para-hydroxylation sites is 1. The van der Waals surface area contributed by atoms with Crippen molar-refractivity contribution in [1.82, 2.24) is 4.90 Å². The Balaban J connectivity index is 1.48. The molecule has 1 amide bonds. The van der Waals surface area contributed by atoms with Crippen LogP contribution in [0.3, 0.4) is 0 Å². The highest BCUT2D eigenvalue weighted by molar-refractivity contribution is 5.96. The molecule has 1 aromatic heterocycles. The van der Waals surface area contributed by atoms with Crippen LogP contribution < -0.4 is 9.47 Å². The standard InChI is InChI=1S/C24H25NO6/c1-15-17-7-4-5-9-21(17)31-23(15)24(27)30-14-22(26)25-12-6-8-19(25)18-13-16(28-2)10-11-20(18)29-3/h4-5,7,9-11,13,19H,6,8,12,14H2,1-3H3/t19-/m1/s1. The van der Waals surface area contributed by atoms with Gasteiger partial charge in [0.1, 0.15) is 17.1 Å². The highest BCUT2D eigenvalue weighted by atomic mass is 16.5. The van der Waals surface area contributed by atoms with E-state index in [0.29, 0.717) is 29.2 Å². The number of aryl methyl sites for hydroxylation is 1. The van der Waals surface area contributed by atoms with Crippen LogP contribution in [-0.2, 0) is 9.53 Å². The number of hydrogen-bond donors (Lipinski definition) is 0. The van der Waals surface area contributed by atoms with Gasteiger partial charge in [-0.25, -0.2) is 4.79 Å².